The molecule has 0 bridgehead atoms. The van der Waals surface area contributed by atoms with Gasteiger partial charge >= 0.3 is 5.97 Å². The van der Waals surface area contributed by atoms with Crippen LogP contribution >= 0.6 is 11.3 Å². The second-order valence-corrected chi connectivity index (χ2v) is 6.66. The molecule has 0 spiro atoms. The summed E-state index contributed by atoms with van der Waals surface area (Å²) in [5.74, 6) is -0.833. The SMILES string of the molecule is CCN(C(=O)COC(=O)CCn1cnc2sccc2c1=O)c1ccccc1. The summed E-state index contributed by atoms with van der Waals surface area (Å²) in [5, 5.41) is 2.34. The van der Waals surface area contributed by atoms with Gasteiger partial charge in [-0.1, -0.05) is 18.2 Å². The lowest BCUT2D eigenvalue weighted by molar-refractivity contribution is -0.148. The molecule has 0 saturated carbocycles. The molecule has 2 heterocycles. The van der Waals surface area contributed by atoms with E-state index in [0.29, 0.717) is 16.8 Å². The molecule has 3 aromatic rings. The highest BCUT2D eigenvalue weighted by Gasteiger charge is 2.16. The molecule has 1 aromatic carbocycles. The number of ether oxygens (including phenoxy) is 1. The number of anilines is 1. The first kappa shape index (κ1) is 18.8. The number of likely N-dealkylation sites (N-methyl/N-ethyl adjacent to an activating group) is 1. The van der Waals surface area contributed by atoms with Gasteiger partial charge in [0.25, 0.3) is 11.5 Å². The number of amides is 1. The van der Waals surface area contributed by atoms with E-state index in [9.17, 15) is 14.4 Å². The van der Waals surface area contributed by atoms with E-state index in [4.69, 9.17) is 4.74 Å². The van der Waals surface area contributed by atoms with Gasteiger partial charge in [-0.2, -0.15) is 0 Å². The summed E-state index contributed by atoms with van der Waals surface area (Å²) in [6, 6.07) is 10.9. The van der Waals surface area contributed by atoms with Gasteiger partial charge < -0.3 is 9.64 Å². The first-order chi connectivity index (χ1) is 13.1. The zero-order chi connectivity index (χ0) is 19.2. The Morgan fingerprint density at radius 3 is 2.74 bits per heavy atom. The maximum atomic E-state index is 12.3. The summed E-state index contributed by atoms with van der Waals surface area (Å²) >= 11 is 1.39. The molecule has 7 nitrogen and oxygen atoms in total. The number of fused-ring (bicyclic) bond motifs is 1. The molecule has 2 aromatic heterocycles. The average Bonchev–Trinajstić information content (AvgIpc) is 3.17. The highest BCUT2D eigenvalue weighted by atomic mass is 32.1. The molecule has 140 valence electrons. The third kappa shape index (κ3) is 4.40. The van der Waals surface area contributed by atoms with Gasteiger partial charge in [0, 0.05) is 18.8 Å². The van der Waals surface area contributed by atoms with Gasteiger partial charge in [-0.3, -0.25) is 19.0 Å². The van der Waals surface area contributed by atoms with Crippen molar-refractivity contribution in [3.63, 3.8) is 0 Å². The summed E-state index contributed by atoms with van der Waals surface area (Å²) in [5.41, 5.74) is 0.564. The minimum Gasteiger partial charge on any atom is -0.455 e. The van der Waals surface area contributed by atoms with Crippen LogP contribution in [0.5, 0.6) is 0 Å². The second kappa shape index (κ2) is 8.59. The number of esters is 1. The third-order valence-electron chi connectivity index (χ3n) is 4.05. The van der Waals surface area contributed by atoms with E-state index >= 15 is 0 Å². The quantitative estimate of drug-likeness (QED) is 0.584. The number of carbonyl (C=O) groups is 2. The van der Waals surface area contributed by atoms with E-state index in [1.807, 2.05) is 37.3 Å². The summed E-state index contributed by atoms with van der Waals surface area (Å²) in [6.45, 7) is 2.15. The predicted octanol–water partition coefficient (Wildman–Crippen LogP) is 2.44. The molecule has 0 radical (unpaired) electrons. The number of thiophene rings is 1. The van der Waals surface area contributed by atoms with Crippen LogP contribution in [0, 0.1) is 0 Å². The predicted molar refractivity (Wildman–Crippen MR) is 104 cm³/mol. The Kier molecular flexibility index (Phi) is 5.97. The van der Waals surface area contributed by atoms with Crippen LogP contribution in [0.15, 0.2) is 52.9 Å². The minimum atomic E-state index is -0.537. The molecule has 0 N–H and O–H groups in total. The van der Waals surface area contributed by atoms with Gasteiger partial charge in [-0.05, 0) is 30.5 Å². The van der Waals surface area contributed by atoms with Crippen molar-refractivity contribution in [1.29, 1.82) is 0 Å². The Hall–Kier alpha value is -3.00. The molecule has 0 aliphatic rings. The number of carbonyl (C=O) groups excluding carboxylic acids is 2. The molecule has 0 saturated heterocycles. The zero-order valence-corrected chi connectivity index (χ0v) is 15.6. The van der Waals surface area contributed by atoms with Gasteiger partial charge in [0.1, 0.15) is 4.83 Å². The van der Waals surface area contributed by atoms with Crippen molar-refractivity contribution in [3.05, 3.63) is 58.5 Å². The fourth-order valence-electron chi connectivity index (χ4n) is 2.67. The maximum absolute atomic E-state index is 12.3. The molecule has 0 aliphatic heterocycles. The fourth-order valence-corrected chi connectivity index (χ4v) is 3.39. The van der Waals surface area contributed by atoms with Crippen LogP contribution in [-0.4, -0.2) is 34.6 Å². The highest BCUT2D eigenvalue weighted by molar-refractivity contribution is 7.16. The van der Waals surface area contributed by atoms with E-state index in [2.05, 4.69) is 4.98 Å². The zero-order valence-electron chi connectivity index (χ0n) is 14.8. The van der Waals surface area contributed by atoms with E-state index in [0.717, 1.165) is 5.69 Å². The van der Waals surface area contributed by atoms with Gasteiger partial charge in [-0.25, -0.2) is 4.98 Å². The molecule has 0 unspecified atom stereocenters. The molecule has 0 fully saturated rings. The largest absolute Gasteiger partial charge is 0.455 e. The molecular formula is C19H19N3O4S. The normalized spacial score (nSPS) is 10.7. The molecular weight excluding hydrogens is 366 g/mol. The van der Waals surface area contributed by atoms with Crippen molar-refractivity contribution < 1.29 is 14.3 Å². The van der Waals surface area contributed by atoms with E-state index in [1.54, 1.807) is 16.3 Å². The summed E-state index contributed by atoms with van der Waals surface area (Å²) in [4.78, 5) is 43.0. The maximum Gasteiger partial charge on any atom is 0.308 e. The van der Waals surface area contributed by atoms with Crippen molar-refractivity contribution >= 4 is 39.1 Å². The fraction of sp³-hybridized carbons (Fsp3) is 0.263. The number of para-hydroxylation sites is 1. The number of rotatable bonds is 7. The van der Waals surface area contributed by atoms with Crippen molar-refractivity contribution in [2.75, 3.05) is 18.1 Å². The number of nitrogens with zero attached hydrogens (tertiary/aromatic N) is 3. The Morgan fingerprint density at radius 2 is 2.00 bits per heavy atom. The molecule has 0 aliphatic carbocycles. The number of benzene rings is 1. The van der Waals surface area contributed by atoms with E-state index in [-0.39, 0.29) is 31.0 Å². The summed E-state index contributed by atoms with van der Waals surface area (Å²) in [7, 11) is 0. The average molecular weight is 385 g/mol. The van der Waals surface area contributed by atoms with Crippen LogP contribution < -0.4 is 10.5 Å². The smallest absolute Gasteiger partial charge is 0.308 e. The Labute approximate surface area is 159 Å². The molecule has 8 heteroatoms. The van der Waals surface area contributed by atoms with Crippen LogP contribution in [0.3, 0.4) is 0 Å². The van der Waals surface area contributed by atoms with Gasteiger partial charge in [0.15, 0.2) is 6.61 Å². The number of hydrogen-bond acceptors (Lipinski definition) is 6. The number of aromatic nitrogens is 2. The van der Waals surface area contributed by atoms with Gasteiger partial charge in [-0.15, -0.1) is 11.3 Å². The van der Waals surface area contributed by atoms with Crippen molar-refractivity contribution in [2.45, 2.75) is 19.9 Å². The van der Waals surface area contributed by atoms with Crippen LogP contribution in [0.1, 0.15) is 13.3 Å². The van der Waals surface area contributed by atoms with Gasteiger partial charge in [0.05, 0.1) is 18.1 Å². The Bertz CT molecular complexity index is 997. The molecule has 0 atom stereocenters. The van der Waals surface area contributed by atoms with Gasteiger partial charge in [0.2, 0.25) is 0 Å². The monoisotopic (exact) mass is 385 g/mol. The lowest BCUT2D eigenvalue weighted by atomic mass is 10.3. The van der Waals surface area contributed by atoms with E-state index < -0.39 is 5.97 Å². The van der Waals surface area contributed by atoms with Crippen molar-refractivity contribution in [2.24, 2.45) is 0 Å². The lowest BCUT2D eigenvalue weighted by Gasteiger charge is -2.20. The number of hydrogen-bond donors (Lipinski definition) is 0. The summed E-state index contributed by atoms with van der Waals surface area (Å²) in [6.07, 6.45) is 1.41. The molecule has 1 amide bonds. The summed E-state index contributed by atoms with van der Waals surface area (Å²) < 4.78 is 6.45. The highest BCUT2D eigenvalue weighted by Crippen LogP contribution is 2.14. The minimum absolute atomic E-state index is 0.0119. The van der Waals surface area contributed by atoms with Crippen molar-refractivity contribution in [3.8, 4) is 0 Å². The van der Waals surface area contributed by atoms with Crippen LogP contribution in [0.25, 0.3) is 10.2 Å². The standard InChI is InChI=1S/C19H19N3O4S/c1-2-22(14-6-4-3-5-7-14)16(23)12-26-17(24)8-10-21-13-20-18-15(19(21)25)9-11-27-18/h3-7,9,11,13H,2,8,10,12H2,1H3. The topological polar surface area (TPSA) is 81.5 Å². The van der Waals surface area contributed by atoms with Crippen molar-refractivity contribution in [1.82, 2.24) is 9.55 Å². The third-order valence-corrected chi connectivity index (χ3v) is 4.87. The Morgan fingerprint density at radius 1 is 1.22 bits per heavy atom. The number of aryl methyl sites for hydroxylation is 1. The van der Waals surface area contributed by atoms with E-state index in [1.165, 1.54) is 22.2 Å². The molecule has 3 rings (SSSR count). The Balaban J connectivity index is 1.54. The van der Waals surface area contributed by atoms with Crippen LogP contribution in [-0.2, 0) is 20.9 Å². The first-order valence-electron chi connectivity index (χ1n) is 8.54. The van der Waals surface area contributed by atoms with Crippen LogP contribution in [0.2, 0.25) is 0 Å². The molecule has 27 heavy (non-hydrogen) atoms. The van der Waals surface area contributed by atoms with Crippen LogP contribution in [0.4, 0.5) is 5.69 Å². The second-order valence-electron chi connectivity index (χ2n) is 5.77. The first-order valence-corrected chi connectivity index (χ1v) is 9.41. The lowest BCUT2D eigenvalue weighted by Crippen LogP contribution is -2.34.